The third-order valence-electron chi connectivity index (χ3n) is 7.22. The molecule has 3 rings (SSSR count). The molecular formula is C26H46N7O17P3S. The molecule has 24 nitrogen and oxygen atoms in total. The van der Waals surface area contributed by atoms with Crippen LogP contribution >= 0.6 is 35.2 Å². The topological polar surface area (TPSA) is 364 Å². The van der Waals surface area contributed by atoms with Gasteiger partial charge in [-0.15, -0.1) is 0 Å². The van der Waals surface area contributed by atoms with Gasteiger partial charge in [0.15, 0.2) is 22.8 Å². The molecule has 1 fully saturated rings. The van der Waals surface area contributed by atoms with Gasteiger partial charge in [0.25, 0.3) is 0 Å². The van der Waals surface area contributed by atoms with E-state index in [9.17, 15) is 57.9 Å². The number of hydrogen-bond donors (Lipinski definition) is 9. The summed E-state index contributed by atoms with van der Waals surface area (Å²) in [4.78, 5) is 86.8. The Hall–Kier alpha value is -2.44. The number of anilines is 1. The van der Waals surface area contributed by atoms with Gasteiger partial charge in [-0.1, -0.05) is 40.0 Å². The minimum Gasteiger partial charge on any atom is -0.386 e. The Kier molecular flexibility index (Phi) is 17.8. The SMILES string of the molecule is C.CCCC(=O)SCCNC(=O)CCNC(=O)C(O)C(C)(C)COP(=O)(O)OP(=O)(O)OC[C@H]1O[C@@H](n2cnc3c(N)ncnc32)[C@H](O)[C@@H]1OP(=O)(O)O. The van der Waals surface area contributed by atoms with Crippen LogP contribution in [0.1, 0.15) is 53.7 Å². The molecule has 2 amide bonds. The molecule has 0 bridgehead atoms. The van der Waals surface area contributed by atoms with Crippen LogP contribution in [-0.2, 0) is 50.7 Å². The predicted octanol–water partition coefficient (Wildman–Crippen LogP) is 0.101. The molecule has 0 saturated carbocycles. The highest BCUT2D eigenvalue weighted by Gasteiger charge is 2.50. The standard InChI is InChI=1S/C25H42N7O17P3S.CH4/c1-4-5-16(34)53-9-8-27-15(33)6-7-28-23(37)20(36)25(2,3)11-46-52(43,44)49-51(41,42)45-10-14-19(48-50(38,39)40)18(35)24(47-14)32-13-31-17-21(26)29-12-30-22(17)32;/h12-14,18-20,24,35-36H,4-11H2,1-3H3,(H,27,33)(H,28,37)(H,41,42)(H,43,44)(H2,26,29,30)(H2,38,39,40);1H4/t14-,18-,19-,20?,24-;/m1./s1. The Labute approximate surface area is 313 Å². The number of fused-ring (bicyclic) bond motifs is 1. The fourth-order valence-electron chi connectivity index (χ4n) is 4.57. The van der Waals surface area contributed by atoms with Crippen LogP contribution in [0.2, 0.25) is 0 Å². The molecule has 3 heterocycles. The second kappa shape index (κ2) is 20.1. The van der Waals surface area contributed by atoms with Gasteiger partial charge in [-0.3, -0.25) is 32.5 Å². The first kappa shape index (κ1) is 47.7. The first-order valence-electron chi connectivity index (χ1n) is 15.6. The van der Waals surface area contributed by atoms with E-state index >= 15 is 0 Å². The Morgan fingerprint density at radius 3 is 2.37 bits per heavy atom. The fraction of sp³-hybridized carbons (Fsp3) is 0.692. The molecule has 0 spiro atoms. The monoisotopic (exact) mass is 853 g/mol. The number of thioether (sulfide) groups is 1. The van der Waals surface area contributed by atoms with Crippen LogP contribution in [-0.4, -0.2) is 123 Å². The number of aromatic nitrogens is 4. The van der Waals surface area contributed by atoms with Crippen molar-refractivity contribution in [2.45, 2.75) is 78.1 Å². The van der Waals surface area contributed by atoms with E-state index in [-0.39, 0.29) is 49.0 Å². The van der Waals surface area contributed by atoms with Gasteiger partial charge in [-0.2, -0.15) is 4.31 Å². The van der Waals surface area contributed by atoms with Gasteiger partial charge in [0.05, 0.1) is 19.5 Å². The molecule has 3 unspecified atom stereocenters. The number of nitrogens with two attached hydrogens (primary N) is 1. The number of nitrogens with zero attached hydrogens (tertiary/aromatic N) is 4. The van der Waals surface area contributed by atoms with E-state index in [0.717, 1.165) is 35.4 Å². The summed E-state index contributed by atoms with van der Waals surface area (Å²) >= 11 is 1.09. The molecule has 0 aromatic carbocycles. The molecule has 0 radical (unpaired) electrons. The van der Waals surface area contributed by atoms with Crippen molar-refractivity contribution < 1.29 is 80.5 Å². The highest BCUT2D eigenvalue weighted by Crippen LogP contribution is 2.61. The third-order valence-corrected chi connectivity index (χ3v) is 11.3. The minimum absolute atomic E-state index is 0. The summed E-state index contributed by atoms with van der Waals surface area (Å²) in [6.07, 6.45) is -5.73. The molecule has 54 heavy (non-hydrogen) atoms. The number of nitrogen functional groups attached to an aromatic ring is 1. The van der Waals surface area contributed by atoms with Crippen molar-refractivity contribution >= 4 is 69.1 Å². The van der Waals surface area contributed by atoms with Crippen molar-refractivity contribution in [3.05, 3.63) is 12.7 Å². The van der Waals surface area contributed by atoms with Crippen molar-refractivity contribution in [2.24, 2.45) is 5.41 Å². The zero-order chi connectivity index (χ0) is 39.8. The van der Waals surface area contributed by atoms with Crippen molar-refractivity contribution in [3.63, 3.8) is 0 Å². The summed E-state index contributed by atoms with van der Waals surface area (Å²) < 4.78 is 61.9. The van der Waals surface area contributed by atoms with Gasteiger partial charge < -0.3 is 50.9 Å². The molecule has 28 heteroatoms. The summed E-state index contributed by atoms with van der Waals surface area (Å²) in [7, 11) is -16.4. The minimum atomic E-state index is -5.56. The molecule has 1 aliphatic rings. The molecule has 1 saturated heterocycles. The lowest BCUT2D eigenvalue weighted by Gasteiger charge is -2.30. The summed E-state index contributed by atoms with van der Waals surface area (Å²) in [5.74, 6) is -1.06. The van der Waals surface area contributed by atoms with Crippen LogP contribution < -0.4 is 16.4 Å². The molecule has 2 aromatic rings. The number of nitrogens with one attached hydrogen (secondary N) is 2. The number of aliphatic hydroxyl groups excluding tert-OH is 2. The number of carbonyl (C=O) groups excluding carboxylic acids is 3. The maximum absolute atomic E-state index is 12.6. The second-order valence-electron chi connectivity index (χ2n) is 12.0. The van der Waals surface area contributed by atoms with Gasteiger partial charge in [0, 0.05) is 37.1 Å². The average Bonchev–Trinajstić information content (AvgIpc) is 3.61. The molecule has 0 aliphatic carbocycles. The molecule has 10 N–H and O–H groups in total. The number of ether oxygens (including phenoxy) is 1. The fourth-order valence-corrected chi connectivity index (χ4v) is 8.18. The van der Waals surface area contributed by atoms with E-state index in [2.05, 4.69) is 34.4 Å². The number of rotatable bonds is 21. The number of phosphoric ester groups is 3. The Balaban J connectivity index is 0.0000101. The van der Waals surface area contributed by atoms with E-state index in [0.29, 0.717) is 12.2 Å². The highest BCUT2D eigenvalue weighted by molar-refractivity contribution is 8.13. The zero-order valence-electron chi connectivity index (χ0n) is 28.5. The van der Waals surface area contributed by atoms with Gasteiger partial charge in [-0.25, -0.2) is 28.6 Å². The van der Waals surface area contributed by atoms with E-state index in [1.54, 1.807) is 0 Å². The quantitative estimate of drug-likeness (QED) is 0.0594. The summed E-state index contributed by atoms with van der Waals surface area (Å²) in [6.45, 7) is 2.41. The zero-order valence-corrected chi connectivity index (χ0v) is 32.0. The van der Waals surface area contributed by atoms with Crippen molar-refractivity contribution in [3.8, 4) is 0 Å². The van der Waals surface area contributed by atoms with E-state index < -0.39 is 84.6 Å². The Bertz CT molecular complexity index is 1750. The first-order chi connectivity index (χ1) is 24.6. The van der Waals surface area contributed by atoms with Crippen molar-refractivity contribution in [1.29, 1.82) is 0 Å². The molecule has 308 valence electrons. The average molecular weight is 854 g/mol. The lowest BCUT2D eigenvalue weighted by Crippen LogP contribution is -2.46. The van der Waals surface area contributed by atoms with E-state index in [1.165, 1.54) is 13.8 Å². The largest absolute Gasteiger partial charge is 0.481 e. The van der Waals surface area contributed by atoms with Gasteiger partial charge in [-0.05, 0) is 6.42 Å². The third kappa shape index (κ3) is 14.3. The number of amides is 2. The lowest BCUT2D eigenvalue weighted by molar-refractivity contribution is -0.137. The summed E-state index contributed by atoms with van der Waals surface area (Å²) in [5, 5.41) is 26.3. The molecule has 2 aromatic heterocycles. The van der Waals surface area contributed by atoms with Crippen LogP contribution in [0.25, 0.3) is 11.2 Å². The Morgan fingerprint density at radius 2 is 1.72 bits per heavy atom. The predicted molar refractivity (Wildman–Crippen MR) is 189 cm³/mol. The van der Waals surface area contributed by atoms with E-state index in [1.807, 2.05) is 6.92 Å². The van der Waals surface area contributed by atoms with Crippen molar-refractivity contribution in [1.82, 2.24) is 30.2 Å². The number of phosphoric acid groups is 3. The number of imidazole rings is 1. The van der Waals surface area contributed by atoms with Gasteiger partial charge in [0.2, 0.25) is 11.8 Å². The van der Waals surface area contributed by atoms with Crippen LogP contribution in [0.5, 0.6) is 0 Å². The summed E-state index contributed by atoms with van der Waals surface area (Å²) in [5.41, 5.74) is 4.27. The normalized spacial score (nSPS) is 21.8. The lowest BCUT2D eigenvalue weighted by atomic mass is 9.87. The second-order valence-corrected chi connectivity index (χ2v) is 17.4. The molecule has 7 atom stereocenters. The first-order valence-corrected chi connectivity index (χ1v) is 21.1. The van der Waals surface area contributed by atoms with Gasteiger partial charge in [0.1, 0.15) is 36.3 Å². The number of aliphatic hydroxyl groups is 2. The number of hydrogen-bond acceptors (Lipinski definition) is 18. The van der Waals surface area contributed by atoms with Crippen molar-refractivity contribution in [2.75, 3.05) is 37.8 Å². The maximum Gasteiger partial charge on any atom is 0.481 e. The van der Waals surface area contributed by atoms with Crippen LogP contribution in [0.15, 0.2) is 12.7 Å². The molecule has 1 aliphatic heterocycles. The van der Waals surface area contributed by atoms with Crippen LogP contribution in [0, 0.1) is 5.41 Å². The van der Waals surface area contributed by atoms with Gasteiger partial charge >= 0.3 is 23.5 Å². The molecular weight excluding hydrogens is 807 g/mol. The smallest absolute Gasteiger partial charge is 0.386 e. The highest BCUT2D eigenvalue weighted by atomic mass is 32.2. The summed E-state index contributed by atoms with van der Waals surface area (Å²) in [6, 6.07) is 0. The number of carbonyl (C=O) groups is 3. The van der Waals surface area contributed by atoms with E-state index in [4.69, 9.17) is 19.5 Å². The van der Waals surface area contributed by atoms with Crippen LogP contribution in [0.4, 0.5) is 5.82 Å². The Morgan fingerprint density at radius 1 is 1.06 bits per heavy atom. The maximum atomic E-state index is 12.6. The van der Waals surface area contributed by atoms with Crippen LogP contribution in [0.3, 0.4) is 0 Å².